The van der Waals surface area contributed by atoms with Crippen LogP contribution in [0.4, 0.5) is 10.2 Å². The lowest BCUT2D eigenvalue weighted by Crippen LogP contribution is -2.04. The summed E-state index contributed by atoms with van der Waals surface area (Å²) >= 11 is 0. The van der Waals surface area contributed by atoms with Gasteiger partial charge in [0.15, 0.2) is 11.6 Å². The minimum atomic E-state index is -0.408. The van der Waals surface area contributed by atoms with Crippen molar-refractivity contribution in [1.29, 1.82) is 0 Å². The predicted molar refractivity (Wildman–Crippen MR) is 91.5 cm³/mol. The largest absolute Gasteiger partial charge is 0.345 e. The SMILES string of the molecule is C=CNc1ncc(C2=CCc3nc(CC(C)C)ncc32)cc1F.[HH]. The Balaban J connectivity index is 0.00000208. The van der Waals surface area contributed by atoms with Gasteiger partial charge in [-0.15, -0.1) is 0 Å². The Morgan fingerprint density at radius 1 is 1.39 bits per heavy atom. The molecule has 0 aliphatic heterocycles. The Morgan fingerprint density at radius 2 is 2.22 bits per heavy atom. The van der Waals surface area contributed by atoms with Gasteiger partial charge < -0.3 is 5.32 Å². The number of anilines is 1. The molecule has 120 valence electrons. The molecule has 23 heavy (non-hydrogen) atoms. The summed E-state index contributed by atoms with van der Waals surface area (Å²) in [7, 11) is 0. The van der Waals surface area contributed by atoms with E-state index in [0.717, 1.165) is 41.1 Å². The highest BCUT2D eigenvalue weighted by Crippen LogP contribution is 2.32. The first-order valence-electron chi connectivity index (χ1n) is 7.67. The van der Waals surface area contributed by atoms with E-state index in [2.05, 4.69) is 46.8 Å². The van der Waals surface area contributed by atoms with Crippen LogP contribution in [0, 0.1) is 11.7 Å². The molecule has 0 amide bonds. The summed E-state index contributed by atoms with van der Waals surface area (Å²) in [6, 6.07) is 1.47. The molecular weight excluding hydrogens is 291 g/mol. The summed E-state index contributed by atoms with van der Waals surface area (Å²) in [5.41, 5.74) is 3.63. The number of hydrogen-bond donors (Lipinski definition) is 1. The van der Waals surface area contributed by atoms with Crippen molar-refractivity contribution in [3.8, 4) is 0 Å². The van der Waals surface area contributed by atoms with Crippen LogP contribution < -0.4 is 5.32 Å². The molecule has 1 aliphatic carbocycles. The quantitative estimate of drug-likeness (QED) is 0.906. The van der Waals surface area contributed by atoms with E-state index in [-0.39, 0.29) is 7.24 Å². The molecule has 0 saturated carbocycles. The maximum absolute atomic E-state index is 14.0. The summed E-state index contributed by atoms with van der Waals surface area (Å²) in [5.74, 6) is 1.15. The zero-order valence-corrected chi connectivity index (χ0v) is 13.3. The van der Waals surface area contributed by atoms with Crippen molar-refractivity contribution < 1.29 is 5.82 Å². The number of rotatable bonds is 5. The highest BCUT2D eigenvalue weighted by Gasteiger charge is 2.19. The number of fused-ring (bicyclic) bond motifs is 1. The summed E-state index contributed by atoms with van der Waals surface area (Å²) in [6.45, 7) is 7.80. The lowest BCUT2D eigenvalue weighted by molar-refractivity contribution is 0.618. The van der Waals surface area contributed by atoms with E-state index >= 15 is 0 Å². The Hall–Kier alpha value is -2.56. The second-order valence-corrected chi connectivity index (χ2v) is 5.97. The van der Waals surface area contributed by atoms with Crippen LogP contribution in [0.25, 0.3) is 5.57 Å². The third-order valence-corrected chi connectivity index (χ3v) is 3.69. The molecule has 0 saturated heterocycles. The van der Waals surface area contributed by atoms with Crippen molar-refractivity contribution in [1.82, 2.24) is 15.0 Å². The van der Waals surface area contributed by atoms with Gasteiger partial charge in [-0.25, -0.2) is 19.3 Å². The maximum atomic E-state index is 14.0. The van der Waals surface area contributed by atoms with Crippen LogP contribution >= 0.6 is 0 Å². The number of aromatic nitrogens is 3. The number of pyridine rings is 1. The average molecular weight is 312 g/mol. The van der Waals surface area contributed by atoms with Crippen molar-refractivity contribution in [3.05, 3.63) is 65.8 Å². The molecule has 2 aromatic rings. The minimum absolute atomic E-state index is 0. The molecular formula is C18H21FN4. The average Bonchev–Trinajstić information content (AvgIpc) is 2.92. The van der Waals surface area contributed by atoms with Crippen molar-refractivity contribution >= 4 is 11.4 Å². The van der Waals surface area contributed by atoms with E-state index in [9.17, 15) is 4.39 Å². The van der Waals surface area contributed by atoms with Crippen LogP contribution in [-0.4, -0.2) is 15.0 Å². The molecule has 0 spiro atoms. The summed E-state index contributed by atoms with van der Waals surface area (Å²) in [6.07, 6.45) is 8.55. The highest BCUT2D eigenvalue weighted by molar-refractivity contribution is 5.83. The molecule has 0 atom stereocenters. The van der Waals surface area contributed by atoms with Gasteiger partial charge in [-0.1, -0.05) is 26.5 Å². The van der Waals surface area contributed by atoms with E-state index in [1.165, 1.54) is 12.3 Å². The third kappa shape index (κ3) is 3.13. The monoisotopic (exact) mass is 312 g/mol. The van der Waals surface area contributed by atoms with E-state index in [1.54, 1.807) is 6.20 Å². The first-order chi connectivity index (χ1) is 11.1. The normalized spacial score (nSPS) is 13.0. The number of halogens is 1. The molecule has 0 aromatic carbocycles. The maximum Gasteiger partial charge on any atom is 0.166 e. The van der Waals surface area contributed by atoms with Gasteiger partial charge >= 0.3 is 0 Å². The molecule has 2 heterocycles. The zero-order valence-electron chi connectivity index (χ0n) is 13.3. The second-order valence-electron chi connectivity index (χ2n) is 5.97. The van der Waals surface area contributed by atoms with Crippen LogP contribution in [0.15, 0.2) is 37.3 Å². The second kappa shape index (κ2) is 6.28. The zero-order chi connectivity index (χ0) is 16.4. The smallest absolute Gasteiger partial charge is 0.166 e. The molecule has 0 bridgehead atoms. The van der Waals surface area contributed by atoms with Crippen molar-refractivity contribution in [2.75, 3.05) is 5.32 Å². The lowest BCUT2D eigenvalue weighted by Gasteiger charge is -2.09. The molecule has 0 fully saturated rings. The summed E-state index contributed by atoms with van der Waals surface area (Å²) in [4.78, 5) is 13.2. The van der Waals surface area contributed by atoms with Gasteiger partial charge in [-0.05, 0) is 23.8 Å². The molecule has 1 N–H and O–H groups in total. The first kappa shape index (κ1) is 15.3. The van der Waals surface area contributed by atoms with Gasteiger partial charge in [-0.3, -0.25) is 0 Å². The highest BCUT2D eigenvalue weighted by atomic mass is 19.1. The molecule has 2 aromatic heterocycles. The Kier molecular flexibility index (Phi) is 4.19. The van der Waals surface area contributed by atoms with Gasteiger partial charge in [0, 0.05) is 37.8 Å². The molecule has 3 rings (SSSR count). The Morgan fingerprint density at radius 3 is 2.91 bits per heavy atom. The van der Waals surface area contributed by atoms with Crippen LogP contribution in [-0.2, 0) is 12.8 Å². The third-order valence-electron chi connectivity index (χ3n) is 3.69. The molecule has 5 heteroatoms. The van der Waals surface area contributed by atoms with Crippen LogP contribution in [0.5, 0.6) is 0 Å². The predicted octanol–water partition coefficient (Wildman–Crippen LogP) is 4.00. The van der Waals surface area contributed by atoms with Crippen molar-refractivity contribution in [3.63, 3.8) is 0 Å². The van der Waals surface area contributed by atoms with Crippen molar-refractivity contribution in [2.24, 2.45) is 5.92 Å². The van der Waals surface area contributed by atoms with E-state index in [4.69, 9.17) is 0 Å². The fourth-order valence-corrected chi connectivity index (χ4v) is 2.67. The van der Waals surface area contributed by atoms with Gasteiger partial charge in [0.25, 0.3) is 0 Å². The number of hydrogen-bond acceptors (Lipinski definition) is 4. The summed E-state index contributed by atoms with van der Waals surface area (Å²) < 4.78 is 14.0. The van der Waals surface area contributed by atoms with Gasteiger partial charge in [0.1, 0.15) is 5.82 Å². The van der Waals surface area contributed by atoms with E-state index in [1.807, 2.05) is 6.20 Å². The van der Waals surface area contributed by atoms with E-state index in [0.29, 0.717) is 5.92 Å². The Labute approximate surface area is 136 Å². The van der Waals surface area contributed by atoms with Gasteiger partial charge in [-0.2, -0.15) is 0 Å². The number of allylic oxidation sites excluding steroid dienone is 1. The topological polar surface area (TPSA) is 50.7 Å². The van der Waals surface area contributed by atoms with Gasteiger partial charge in [0.2, 0.25) is 0 Å². The van der Waals surface area contributed by atoms with E-state index < -0.39 is 5.82 Å². The fraction of sp³-hybridized carbons (Fsp3) is 0.278. The molecule has 0 unspecified atom stereocenters. The van der Waals surface area contributed by atoms with Gasteiger partial charge in [0.05, 0.1) is 5.69 Å². The standard InChI is InChI=1S/C18H19FN4.H2/c1-4-20-18-15(19)8-12(9-22-18)13-5-6-16-14(13)10-21-17(23-16)7-11(2)3;/h4-5,8-11H,1,6-7H2,2-3H3,(H,20,22);1H. The lowest BCUT2D eigenvalue weighted by atomic mass is 10.0. The minimum Gasteiger partial charge on any atom is -0.345 e. The molecule has 0 radical (unpaired) electrons. The first-order valence-corrected chi connectivity index (χ1v) is 7.67. The van der Waals surface area contributed by atoms with Crippen LogP contribution in [0.2, 0.25) is 0 Å². The Bertz CT molecular complexity index is 787. The number of nitrogens with one attached hydrogen (secondary N) is 1. The van der Waals surface area contributed by atoms with Crippen LogP contribution in [0.1, 0.15) is 37.9 Å². The molecule has 4 nitrogen and oxygen atoms in total. The van der Waals surface area contributed by atoms with Crippen LogP contribution in [0.3, 0.4) is 0 Å². The summed E-state index contributed by atoms with van der Waals surface area (Å²) in [5, 5.41) is 2.67. The fourth-order valence-electron chi connectivity index (χ4n) is 2.67. The number of nitrogens with zero attached hydrogens (tertiary/aromatic N) is 3. The molecule has 1 aliphatic rings. The van der Waals surface area contributed by atoms with Crippen molar-refractivity contribution in [2.45, 2.75) is 26.7 Å².